The Bertz CT molecular complexity index is 193. The van der Waals surface area contributed by atoms with Crippen LogP contribution in [0.5, 0.6) is 0 Å². The first-order valence-electron chi connectivity index (χ1n) is 6.61. The smallest absolute Gasteiger partial charge is 0.0630 e. The fourth-order valence-electron chi connectivity index (χ4n) is 3.21. The summed E-state index contributed by atoms with van der Waals surface area (Å²) in [6.07, 6.45) is 8.84. The average molecular weight is 212 g/mol. The Morgan fingerprint density at radius 1 is 1.13 bits per heavy atom. The molecule has 2 heteroatoms. The average Bonchev–Trinajstić information content (AvgIpc) is 2.76. The molecule has 0 heterocycles. The third-order valence-electron chi connectivity index (χ3n) is 4.05. The second-order valence-electron chi connectivity index (χ2n) is 5.27. The van der Waals surface area contributed by atoms with E-state index in [2.05, 4.69) is 6.92 Å². The van der Waals surface area contributed by atoms with Crippen LogP contribution in [-0.2, 0) is 4.74 Å². The third kappa shape index (κ3) is 2.73. The van der Waals surface area contributed by atoms with Crippen LogP contribution in [0, 0.1) is 11.8 Å². The van der Waals surface area contributed by atoms with Crippen LogP contribution in [0.3, 0.4) is 0 Å². The highest BCUT2D eigenvalue weighted by molar-refractivity contribution is 4.96. The van der Waals surface area contributed by atoms with Crippen LogP contribution in [0.4, 0.5) is 0 Å². The lowest BCUT2D eigenvalue weighted by atomic mass is 9.95. The van der Waals surface area contributed by atoms with Gasteiger partial charge in [-0.25, -0.2) is 0 Å². The molecule has 2 fully saturated rings. The van der Waals surface area contributed by atoms with Gasteiger partial charge in [-0.1, -0.05) is 26.2 Å². The molecule has 2 aliphatic rings. The molecule has 0 aromatic rings. The molecule has 0 aliphatic heterocycles. The zero-order valence-corrected chi connectivity index (χ0v) is 9.82. The van der Waals surface area contributed by atoms with Gasteiger partial charge >= 0.3 is 0 Å². The van der Waals surface area contributed by atoms with Gasteiger partial charge in [0.25, 0.3) is 0 Å². The minimum Gasteiger partial charge on any atom is -0.393 e. The van der Waals surface area contributed by atoms with Crippen LogP contribution in [0.2, 0.25) is 0 Å². The van der Waals surface area contributed by atoms with E-state index in [9.17, 15) is 5.11 Å². The van der Waals surface area contributed by atoms with Gasteiger partial charge in [-0.05, 0) is 31.6 Å². The van der Waals surface area contributed by atoms with Gasteiger partial charge < -0.3 is 9.84 Å². The highest BCUT2D eigenvalue weighted by Gasteiger charge is 2.45. The Labute approximate surface area is 93.0 Å². The standard InChI is InChI=1S/C13H24O2/c1-2-3-4-5-6-15-13-9-10-7-11(13)12(14)8-10/h10-14H,2-9H2,1H3. The van der Waals surface area contributed by atoms with Crippen molar-refractivity contribution in [3.63, 3.8) is 0 Å². The van der Waals surface area contributed by atoms with E-state index in [1.165, 1.54) is 38.5 Å². The predicted octanol–water partition coefficient (Wildman–Crippen LogP) is 2.74. The lowest BCUT2D eigenvalue weighted by Crippen LogP contribution is -2.30. The first kappa shape index (κ1) is 11.4. The Balaban J connectivity index is 1.60. The summed E-state index contributed by atoms with van der Waals surface area (Å²) in [4.78, 5) is 0. The van der Waals surface area contributed by atoms with Crippen molar-refractivity contribution in [1.82, 2.24) is 0 Å². The molecule has 0 spiro atoms. The minimum atomic E-state index is -0.0654. The summed E-state index contributed by atoms with van der Waals surface area (Å²) in [7, 11) is 0. The molecular formula is C13H24O2. The molecule has 4 atom stereocenters. The normalized spacial score (nSPS) is 38.8. The van der Waals surface area contributed by atoms with E-state index in [1.54, 1.807) is 0 Å². The molecule has 2 aliphatic carbocycles. The molecular weight excluding hydrogens is 188 g/mol. The number of aliphatic hydroxyl groups excluding tert-OH is 1. The minimum absolute atomic E-state index is 0.0654. The van der Waals surface area contributed by atoms with Crippen LogP contribution in [0.1, 0.15) is 51.9 Å². The second-order valence-corrected chi connectivity index (χ2v) is 5.27. The summed E-state index contributed by atoms with van der Waals surface area (Å²) < 4.78 is 5.89. The van der Waals surface area contributed by atoms with E-state index in [0.29, 0.717) is 12.0 Å². The maximum absolute atomic E-state index is 9.75. The Morgan fingerprint density at radius 3 is 2.67 bits per heavy atom. The van der Waals surface area contributed by atoms with Crippen molar-refractivity contribution in [1.29, 1.82) is 0 Å². The van der Waals surface area contributed by atoms with E-state index < -0.39 is 0 Å². The molecule has 1 N–H and O–H groups in total. The van der Waals surface area contributed by atoms with Crippen molar-refractivity contribution >= 4 is 0 Å². The first-order chi connectivity index (χ1) is 7.31. The fourth-order valence-corrected chi connectivity index (χ4v) is 3.21. The Kier molecular flexibility index (Phi) is 4.04. The van der Waals surface area contributed by atoms with Crippen molar-refractivity contribution < 1.29 is 9.84 Å². The number of hydrogen-bond acceptors (Lipinski definition) is 2. The van der Waals surface area contributed by atoms with Crippen molar-refractivity contribution in [3.05, 3.63) is 0 Å². The molecule has 2 bridgehead atoms. The molecule has 88 valence electrons. The van der Waals surface area contributed by atoms with Crippen LogP contribution < -0.4 is 0 Å². The molecule has 2 nitrogen and oxygen atoms in total. The third-order valence-corrected chi connectivity index (χ3v) is 4.05. The molecule has 15 heavy (non-hydrogen) atoms. The molecule has 4 unspecified atom stereocenters. The van der Waals surface area contributed by atoms with Crippen LogP contribution in [0.15, 0.2) is 0 Å². The highest BCUT2D eigenvalue weighted by Crippen LogP contribution is 2.46. The molecule has 2 rings (SSSR count). The highest BCUT2D eigenvalue weighted by atomic mass is 16.5. The van der Waals surface area contributed by atoms with Gasteiger partial charge in [0.15, 0.2) is 0 Å². The fraction of sp³-hybridized carbons (Fsp3) is 1.00. The van der Waals surface area contributed by atoms with Crippen LogP contribution in [0.25, 0.3) is 0 Å². The van der Waals surface area contributed by atoms with Gasteiger partial charge in [-0.2, -0.15) is 0 Å². The van der Waals surface area contributed by atoms with E-state index in [1.807, 2.05) is 0 Å². The monoisotopic (exact) mass is 212 g/mol. The molecule has 0 saturated heterocycles. The van der Waals surface area contributed by atoms with Crippen molar-refractivity contribution in [2.45, 2.75) is 64.1 Å². The summed E-state index contributed by atoms with van der Waals surface area (Å²) in [6, 6.07) is 0. The second kappa shape index (κ2) is 5.31. The van der Waals surface area contributed by atoms with E-state index in [-0.39, 0.29) is 6.10 Å². The number of hydrogen-bond donors (Lipinski definition) is 1. The summed E-state index contributed by atoms with van der Waals surface area (Å²) >= 11 is 0. The number of ether oxygens (including phenoxy) is 1. The molecule has 0 aromatic carbocycles. The molecule has 0 amide bonds. The van der Waals surface area contributed by atoms with Crippen molar-refractivity contribution in [2.75, 3.05) is 6.61 Å². The number of unbranched alkanes of at least 4 members (excludes halogenated alkanes) is 3. The van der Waals surface area contributed by atoms with Crippen LogP contribution >= 0.6 is 0 Å². The number of rotatable bonds is 6. The molecule has 0 aromatic heterocycles. The summed E-state index contributed by atoms with van der Waals surface area (Å²) in [5, 5.41) is 9.75. The summed E-state index contributed by atoms with van der Waals surface area (Å²) in [6.45, 7) is 3.13. The lowest BCUT2D eigenvalue weighted by molar-refractivity contribution is -0.0321. The SMILES string of the molecule is CCCCCCOC1CC2CC(O)C1C2. The molecule has 0 radical (unpaired) electrons. The number of fused-ring (bicyclic) bond motifs is 2. The Hall–Kier alpha value is -0.0800. The van der Waals surface area contributed by atoms with Crippen LogP contribution in [-0.4, -0.2) is 23.9 Å². The largest absolute Gasteiger partial charge is 0.393 e. The van der Waals surface area contributed by atoms with Gasteiger partial charge in [-0.3, -0.25) is 0 Å². The number of aliphatic hydroxyl groups is 1. The van der Waals surface area contributed by atoms with Gasteiger partial charge in [0.2, 0.25) is 0 Å². The van der Waals surface area contributed by atoms with Crippen molar-refractivity contribution in [2.24, 2.45) is 11.8 Å². The van der Waals surface area contributed by atoms with Gasteiger partial charge in [0, 0.05) is 12.5 Å². The van der Waals surface area contributed by atoms with Gasteiger partial charge in [0.1, 0.15) is 0 Å². The lowest BCUT2D eigenvalue weighted by Gasteiger charge is -2.26. The van der Waals surface area contributed by atoms with E-state index in [4.69, 9.17) is 4.74 Å². The topological polar surface area (TPSA) is 29.5 Å². The van der Waals surface area contributed by atoms with E-state index >= 15 is 0 Å². The summed E-state index contributed by atoms with van der Waals surface area (Å²) in [5.41, 5.74) is 0. The predicted molar refractivity (Wildman–Crippen MR) is 60.7 cm³/mol. The maximum Gasteiger partial charge on any atom is 0.0630 e. The Morgan fingerprint density at radius 2 is 2.00 bits per heavy atom. The first-order valence-corrected chi connectivity index (χ1v) is 6.61. The maximum atomic E-state index is 9.75. The van der Waals surface area contributed by atoms with Crippen molar-refractivity contribution in [3.8, 4) is 0 Å². The summed E-state index contributed by atoms with van der Waals surface area (Å²) in [5.74, 6) is 1.21. The van der Waals surface area contributed by atoms with E-state index in [0.717, 1.165) is 18.9 Å². The van der Waals surface area contributed by atoms with Gasteiger partial charge in [-0.15, -0.1) is 0 Å². The zero-order chi connectivity index (χ0) is 10.7. The van der Waals surface area contributed by atoms with Gasteiger partial charge in [0.05, 0.1) is 12.2 Å². The quantitative estimate of drug-likeness (QED) is 0.686. The zero-order valence-electron chi connectivity index (χ0n) is 9.82. The molecule has 2 saturated carbocycles.